The summed E-state index contributed by atoms with van der Waals surface area (Å²) in [6, 6.07) is 7.40. The Morgan fingerprint density at radius 2 is 2.05 bits per heavy atom. The van der Waals surface area contributed by atoms with E-state index in [2.05, 4.69) is 14.9 Å². The zero-order chi connectivity index (χ0) is 15.5. The molecule has 0 radical (unpaired) electrons. The molecule has 110 valence electrons. The summed E-state index contributed by atoms with van der Waals surface area (Å²) in [6.45, 7) is 1.44. The molecule has 1 aromatic heterocycles. The highest BCUT2D eigenvalue weighted by Gasteiger charge is 2.20. The first kappa shape index (κ1) is 15.1. The summed E-state index contributed by atoms with van der Waals surface area (Å²) < 4.78 is 26.9. The van der Waals surface area contributed by atoms with Crippen LogP contribution in [0.5, 0.6) is 0 Å². The molecule has 0 spiro atoms. The number of nitrogens with zero attached hydrogens (tertiary/aromatic N) is 2. The van der Waals surface area contributed by atoms with Crippen molar-refractivity contribution in [2.45, 2.75) is 18.4 Å². The summed E-state index contributed by atoms with van der Waals surface area (Å²) in [5.41, 5.74) is 0.613. The van der Waals surface area contributed by atoms with Gasteiger partial charge in [0.15, 0.2) is 0 Å². The molecule has 0 aliphatic heterocycles. The first-order valence-electron chi connectivity index (χ1n) is 6.01. The van der Waals surface area contributed by atoms with E-state index >= 15 is 0 Å². The zero-order valence-corrected chi connectivity index (χ0v) is 12.0. The van der Waals surface area contributed by atoms with E-state index in [1.54, 1.807) is 12.1 Å². The van der Waals surface area contributed by atoms with E-state index in [0.29, 0.717) is 5.69 Å². The van der Waals surface area contributed by atoms with Gasteiger partial charge in [-0.15, -0.1) is 0 Å². The molecule has 2 aromatic rings. The Labute approximate surface area is 121 Å². The number of nitrogens with one attached hydrogen (secondary N) is 1. The number of rotatable bonds is 5. The van der Waals surface area contributed by atoms with E-state index in [1.807, 2.05) is 0 Å². The largest absolute Gasteiger partial charge is 0.478 e. The Kier molecular flexibility index (Phi) is 4.29. The topological polar surface area (TPSA) is 109 Å². The van der Waals surface area contributed by atoms with E-state index in [1.165, 1.54) is 31.3 Å². The Hall–Kier alpha value is -2.32. The van der Waals surface area contributed by atoms with Crippen LogP contribution in [0, 0.1) is 6.92 Å². The van der Waals surface area contributed by atoms with Crippen LogP contribution in [0.2, 0.25) is 0 Å². The van der Waals surface area contributed by atoms with Crippen LogP contribution in [0.25, 0.3) is 0 Å². The van der Waals surface area contributed by atoms with E-state index in [0.717, 1.165) is 0 Å². The standard InChI is InChI=1S/C13H13N3O4S/c1-9-11(13(17)18)5-2-6-12(9)21(19,20)15-8-10-4-3-7-14-16-10/h2-7,15H,8H2,1H3,(H,17,18). The summed E-state index contributed by atoms with van der Waals surface area (Å²) in [5.74, 6) is -1.17. The lowest BCUT2D eigenvalue weighted by Crippen LogP contribution is -2.25. The number of aromatic nitrogens is 2. The van der Waals surface area contributed by atoms with Gasteiger partial charge >= 0.3 is 5.97 Å². The van der Waals surface area contributed by atoms with Gasteiger partial charge < -0.3 is 5.11 Å². The molecule has 21 heavy (non-hydrogen) atoms. The normalized spacial score (nSPS) is 11.3. The summed E-state index contributed by atoms with van der Waals surface area (Å²) in [7, 11) is -3.83. The van der Waals surface area contributed by atoms with Gasteiger partial charge in [-0.05, 0) is 36.8 Å². The van der Waals surface area contributed by atoms with Crippen LogP contribution in [0.3, 0.4) is 0 Å². The molecule has 0 amide bonds. The highest BCUT2D eigenvalue weighted by atomic mass is 32.2. The fraction of sp³-hybridized carbons (Fsp3) is 0.154. The van der Waals surface area contributed by atoms with Crippen LogP contribution in [0.15, 0.2) is 41.4 Å². The van der Waals surface area contributed by atoms with E-state index in [9.17, 15) is 13.2 Å². The Morgan fingerprint density at radius 3 is 2.67 bits per heavy atom. The average Bonchev–Trinajstić information content (AvgIpc) is 2.46. The third kappa shape index (κ3) is 3.41. The number of sulfonamides is 1. The second-order valence-corrected chi connectivity index (χ2v) is 6.01. The van der Waals surface area contributed by atoms with Crippen molar-refractivity contribution in [2.75, 3.05) is 0 Å². The van der Waals surface area contributed by atoms with Gasteiger partial charge in [0.2, 0.25) is 10.0 Å². The van der Waals surface area contributed by atoms with Crippen LogP contribution in [0.1, 0.15) is 21.6 Å². The number of carboxylic acid groups (broad SMARTS) is 1. The summed E-state index contributed by atoms with van der Waals surface area (Å²) >= 11 is 0. The fourth-order valence-corrected chi connectivity index (χ4v) is 3.08. The minimum atomic E-state index is -3.83. The van der Waals surface area contributed by atoms with Gasteiger partial charge in [-0.25, -0.2) is 17.9 Å². The summed E-state index contributed by atoms with van der Waals surface area (Å²) in [5, 5.41) is 16.5. The van der Waals surface area contributed by atoms with Crippen molar-refractivity contribution in [1.29, 1.82) is 0 Å². The number of carboxylic acids is 1. The minimum Gasteiger partial charge on any atom is -0.478 e. The SMILES string of the molecule is Cc1c(C(=O)O)cccc1S(=O)(=O)NCc1cccnn1. The van der Waals surface area contributed by atoms with Gasteiger partial charge in [0.1, 0.15) is 0 Å². The quantitative estimate of drug-likeness (QED) is 0.851. The Bertz CT molecular complexity index is 760. The molecule has 0 atom stereocenters. The molecule has 2 rings (SSSR count). The van der Waals surface area contributed by atoms with E-state index < -0.39 is 16.0 Å². The van der Waals surface area contributed by atoms with Crippen molar-refractivity contribution in [1.82, 2.24) is 14.9 Å². The highest BCUT2D eigenvalue weighted by molar-refractivity contribution is 7.89. The molecule has 7 nitrogen and oxygen atoms in total. The zero-order valence-electron chi connectivity index (χ0n) is 11.1. The number of hydrogen-bond donors (Lipinski definition) is 2. The first-order chi connectivity index (χ1) is 9.92. The minimum absolute atomic E-state index is 0.0209. The molecule has 0 aliphatic carbocycles. The van der Waals surface area contributed by atoms with Crippen molar-refractivity contribution in [3.8, 4) is 0 Å². The predicted octanol–water partition coefficient (Wildman–Crippen LogP) is 0.962. The van der Waals surface area contributed by atoms with Gasteiger partial charge in [0.25, 0.3) is 0 Å². The highest BCUT2D eigenvalue weighted by Crippen LogP contribution is 2.19. The first-order valence-corrected chi connectivity index (χ1v) is 7.49. The molecule has 0 saturated heterocycles. The van der Waals surface area contributed by atoms with Gasteiger partial charge in [-0.1, -0.05) is 6.07 Å². The molecule has 0 aliphatic rings. The maximum Gasteiger partial charge on any atom is 0.335 e. The van der Waals surface area contributed by atoms with Gasteiger partial charge in [-0.2, -0.15) is 10.2 Å². The number of carbonyl (C=O) groups is 1. The van der Waals surface area contributed by atoms with Crippen LogP contribution in [-0.2, 0) is 16.6 Å². The average molecular weight is 307 g/mol. The summed E-state index contributed by atoms with van der Waals surface area (Å²) in [4.78, 5) is 11.0. The predicted molar refractivity (Wildman–Crippen MR) is 74.2 cm³/mol. The molecular weight excluding hydrogens is 294 g/mol. The molecule has 2 N–H and O–H groups in total. The van der Waals surface area contributed by atoms with Crippen LogP contribution >= 0.6 is 0 Å². The number of aromatic carboxylic acids is 1. The maximum atomic E-state index is 12.2. The number of benzene rings is 1. The molecule has 8 heteroatoms. The third-order valence-corrected chi connectivity index (χ3v) is 4.42. The monoisotopic (exact) mass is 307 g/mol. The fourth-order valence-electron chi connectivity index (χ4n) is 1.81. The van der Waals surface area contributed by atoms with Crippen molar-refractivity contribution < 1.29 is 18.3 Å². The van der Waals surface area contributed by atoms with Crippen molar-refractivity contribution in [3.63, 3.8) is 0 Å². The Morgan fingerprint density at radius 1 is 1.29 bits per heavy atom. The molecule has 0 bridgehead atoms. The molecular formula is C13H13N3O4S. The summed E-state index contributed by atoms with van der Waals surface area (Å²) in [6.07, 6.45) is 1.48. The van der Waals surface area contributed by atoms with Crippen LogP contribution in [-0.4, -0.2) is 29.7 Å². The van der Waals surface area contributed by atoms with Gasteiger partial charge in [-0.3, -0.25) is 0 Å². The number of hydrogen-bond acceptors (Lipinski definition) is 5. The van der Waals surface area contributed by atoms with E-state index in [4.69, 9.17) is 5.11 Å². The molecule has 0 fully saturated rings. The molecule has 1 aromatic carbocycles. The maximum absolute atomic E-state index is 12.2. The second kappa shape index (κ2) is 5.98. The molecule has 0 unspecified atom stereocenters. The van der Waals surface area contributed by atoms with Crippen LogP contribution in [0.4, 0.5) is 0 Å². The Balaban J connectivity index is 2.28. The lowest BCUT2D eigenvalue weighted by Gasteiger charge is -2.10. The van der Waals surface area contributed by atoms with Crippen molar-refractivity contribution in [2.24, 2.45) is 0 Å². The van der Waals surface area contributed by atoms with Crippen molar-refractivity contribution in [3.05, 3.63) is 53.3 Å². The molecule has 1 heterocycles. The third-order valence-electron chi connectivity index (χ3n) is 2.87. The van der Waals surface area contributed by atoms with Gasteiger partial charge in [0.05, 0.1) is 22.7 Å². The van der Waals surface area contributed by atoms with Crippen LogP contribution < -0.4 is 4.72 Å². The lowest BCUT2D eigenvalue weighted by molar-refractivity contribution is 0.0696. The van der Waals surface area contributed by atoms with Crippen molar-refractivity contribution >= 4 is 16.0 Å². The van der Waals surface area contributed by atoms with Gasteiger partial charge in [0, 0.05) is 6.20 Å². The molecule has 0 saturated carbocycles. The second-order valence-electron chi connectivity index (χ2n) is 4.27. The van der Waals surface area contributed by atoms with E-state index in [-0.39, 0.29) is 22.6 Å². The lowest BCUT2D eigenvalue weighted by atomic mass is 10.1. The smallest absolute Gasteiger partial charge is 0.335 e.